The SMILES string of the molecule is CCCCN1C(=O)[C@@H]2[C@H](C1=O)[C@H]1C=C(C)c3ccccc3N1[C@@H]2C(=O)c1ccc(C)cc1. The van der Waals surface area contributed by atoms with Crippen molar-refractivity contribution in [2.45, 2.75) is 45.7 Å². The molecule has 0 radical (unpaired) electrons. The lowest BCUT2D eigenvalue weighted by Crippen LogP contribution is -2.49. The molecule has 5 heteroatoms. The van der Waals surface area contributed by atoms with Crippen molar-refractivity contribution in [2.75, 3.05) is 11.4 Å². The molecule has 0 saturated carbocycles. The second-order valence-electron chi connectivity index (χ2n) is 9.17. The van der Waals surface area contributed by atoms with Crippen LogP contribution in [0.5, 0.6) is 0 Å². The molecule has 2 aromatic rings. The van der Waals surface area contributed by atoms with Gasteiger partial charge in [-0.05, 0) is 31.9 Å². The van der Waals surface area contributed by atoms with E-state index in [4.69, 9.17) is 0 Å². The molecule has 0 N–H and O–H groups in total. The topological polar surface area (TPSA) is 57.7 Å². The number of para-hydroxylation sites is 1. The minimum Gasteiger partial charge on any atom is -0.352 e. The highest BCUT2D eigenvalue weighted by Gasteiger charge is 2.64. The highest BCUT2D eigenvalue weighted by molar-refractivity contribution is 6.14. The van der Waals surface area contributed by atoms with E-state index < -0.39 is 17.9 Å². The summed E-state index contributed by atoms with van der Waals surface area (Å²) >= 11 is 0. The van der Waals surface area contributed by atoms with Crippen LogP contribution in [0.1, 0.15) is 48.2 Å². The van der Waals surface area contributed by atoms with E-state index in [2.05, 4.69) is 6.08 Å². The predicted octanol–water partition coefficient (Wildman–Crippen LogP) is 4.25. The van der Waals surface area contributed by atoms with E-state index in [1.807, 2.05) is 74.2 Å². The summed E-state index contributed by atoms with van der Waals surface area (Å²) < 4.78 is 0. The van der Waals surface area contributed by atoms with Crippen molar-refractivity contribution in [1.82, 2.24) is 4.90 Å². The van der Waals surface area contributed by atoms with Crippen LogP contribution in [0.3, 0.4) is 0 Å². The molecule has 2 aromatic carbocycles. The standard InChI is InChI=1S/C27H28N2O3/c1-4-5-14-28-26(31)22-21-15-17(3)19-8-6-7-9-20(19)29(21)24(23(22)27(28)32)25(30)18-12-10-16(2)11-13-18/h6-13,15,21-24H,4-5,14H2,1-3H3/t21-,22-,23-,24+/m1/s1. The molecule has 0 unspecified atom stereocenters. The summed E-state index contributed by atoms with van der Waals surface area (Å²) in [5.41, 5.74) is 4.71. The van der Waals surface area contributed by atoms with Gasteiger partial charge < -0.3 is 4.90 Å². The normalized spacial score (nSPS) is 26.0. The number of anilines is 1. The Labute approximate surface area is 188 Å². The van der Waals surface area contributed by atoms with Crippen LogP contribution in [0.4, 0.5) is 5.69 Å². The Morgan fingerprint density at radius 2 is 1.62 bits per heavy atom. The molecule has 0 aliphatic carbocycles. The number of nitrogens with zero attached hydrogens (tertiary/aromatic N) is 2. The van der Waals surface area contributed by atoms with E-state index in [1.165, 1.54) is 4.90 Å². The van der Waals surface area contributed by atoms with E-state index in [1.54, 1.807) is 0 Å². The van der Waals surface area contributed by atoms with E-state index in [9.17, 15) is 14.4 Å². The summed E-state index contributed by atoms with van der Waals surface area (Å²) in [4.78, 5) is 44.3. The Balaban J connectivity index is 1.64. The zero-order valence-electron chi connectivity index (χ0n) is 18.7. The van der Waals surface area contributed by atoms with E-state index in [0.29, 0.717) is 12.1 Å². The number of carbonyl (C=O) groups excluding carboxylic acids is 3. The molecule has 2 saturated heterocycles. The number of carbonyl (C=O) groups is 3. The van der Waals surface area contributed by atoms with Crippen molar-refractivity contribution in [2.24, 2.45) is 11.8 Å². The Morgan fingerprint density at radius 3 is 2.34 bits per heavy atom. The maximum absolute atomic E-state index is 13.9. The van der Waals surface area contributed by atoms with Crippen LogP contribution in [0.15, 0.2) is 54.6 Å². The number of hydrogen-bond donors (Lipinski definition) is 0. The summed E-state index contributed by atoms with van der Waals surface area (Å²) in [5, 5.41) is 0. The van der Waals surface area contributed by atoms with Gasteiger partial charge in [0.25, 0.3) is 0 Å². The Kier molecular flexibility index (Phi) is 5.00. The molecule has 164 valence electrons. The molecule has 3 aliphatic rings. The van der Waals surface area contributed by atoms with Gasteiger partial charge in [0.1, 0.15) is 6.04 Å². The number of aryl methyl sites for hydroxylation is 1. The lowest BCUT2D eigenvalue weighted by molar-refractivity contribution is -0.140. The van der Waals surface area contributed by atoms with Crippen LogP contribution < -0.4 is 4.90 Å². The van der Waals surface area contributed by atoms with Gasteiger partial charge in [0.05, 0.1) is 17.9 Å². The molecule has 32 heavy (non-hydrogen) atoms. The lowest BCUT2D eigenvalue weighted by Gasteiger charge is -2.38. The number of amides is 2. The number of Topliss-reactive ketones (excluding diaryl/α,β-unsaturated/α-hetero) is 1. The van der Waals surface area contributed by atoms with Gasteiger partial charge in [-0.3, -0.25) is 19.3 Å². The predicted molar refractivity (Wildman–Crippen MR) is 124 cm³/mol. The maximum Gasteiger partial charge on any atom is 0.235 e. The first-order chi connectivity index (χ1) is 15.4. The minimum atomic E-state index is -0.693. The zero-order chi connectivity index (χ0) is 22.6. The zero-order valence-corrected chi connectivity index (χ0v) is 18.7. The Morgan fingerprint density at radius 1 is 0.938 bits per heavy atom. The number of fused-ring (bicyclic) bond motifs is 5. The van der Waals surface area contributed by atoms with Gasteiger partial charge in [0.2, 0.25) is 11.8 Å². The van der Waals surface area contributed by atoms with Gasteiger partial charge in [-0.25, -0.2) is 0 Å². The molecule has 0 bridgehead atoms. The van der Waals surface area contributed by atoms with Gasteiger partial charge >= 0.3 is 0 Å². The van der Waals surface area contributed by atoms with Crippen molar-refractivity contribution in [3.63, 3.8) is 0 Å². The Bertz CT molecular complexity index is 1130. The number of imide groups is 1. The minimum absolute atomic E-state index is 0.0938. The van der Waals surface area contributed by atoms with E-state index >= 15 is 0 Å². The van der Waals surface area contributed by atoms with Crippen molar-refractivity contribution >= 4 is 28.9 Å². The quantitative estimate of drug-likeness (QED) is 0.528. The van der Waals surface area contributed by atoms with Crippen LogP contribution >= 0.6 is 0 Å². The van der Waals surface area contributed by atoms with Gasteiger partial charge in [0, 0.05) is 23.4 Å². The van der Waals surface area contributed by atoms with Crippen molar-refractivity contribution in [3.05, 3.63) is 71.3 Å². The monoisotopic (exact) mass is 428 g/mol. The molecular weight excluding hydrogens is 400 g/mol. The number of ketones is 1. The average molecular weight is 429 g/mol. The average Bonchev–Trinajstić information content (AvgIpc) is 3.25. The van der Waals surface area contributed by atoms with Gasteiger partial charge in [0.15, 0.2) is 5.78 Å². The van der Waals surface area contributed by atoms with Gasteiger partial charge in [-0.2, -0.15) is 0 Å². The third-order valence-corrected chi connectivity index (χ3v) is 7.19. The second-order valence-corrected chi connectivity index (χ2v) is 9.17. The van der Waals surface area contributed by atoms with Crippen molar-refractivity contribution in [3.8, 4) is 0 Å². The fourth-order valence-electron chi connectivity index (χ4n) is 5.58. The smallest absolute Gasteiger partial charge is 0.235 e. The fourth-order valence-corrected chi connectivity index (χ4v) is 5.58. The number of allylic oxidation sites excluding steroid dienone is 1. The lowest BCUT2D eigenvalue weighted by atomic mass is 9.85. The number of rotatable bonds is 5. The van der Waals surface area contributed by atoms with Crippen LogP contribution in [0.25, 0.3) is 5.57 Å². The first-order valence-corrected chi connectivity index (χ1v) is 11.5. The molecule has 3 aliphatic heterocycles. The number of hydrogen-bond acceptors (Lipinski definition) is 4. The molecule has 5 nitrogen and oxygen atoms in total. The third-order valence-electron chi connectivity index (χ3n) is 7.19. The molecule has 2 amide bonds. The van der Waals surface area contributed by atoms with Crippen LogP contribution in [0, 0.1) is 18.8 Å². The van der Waals surface area contributed by atoms with E-state index in [0.717, 1.165) is 35.2 Å². The largest absolute Gasteiger partial charge is 0.352 e. The van der Waals surface area contributed by atoms with Gasteiger partial charge in [-0.1, -0.05) is 67.4 Å². The highest BCUT2D eigenvalue weighted by atomic mass is 16.2. The number of unbranched alkanes of at least 4 members (excludes halogenated alkanes) is 1. The van der Waals surface area contributed by atoms with Crippen LogP contribution in [-0.2, 0) is 9.59 Å². The molecule has 0 spiro atoms. The second kappa shape index (κ2) is 7.73. The van der Waals surface area contributed by atoms with Crippen molar-refractivity contribution in [1.29, 1.82) is 0 Å². The molecule has 5 rings (SSSR count). The number of likely N-dealkylation sites (tertiary alicyclic amines) is 1. The van der Waals surface area contributed by atoms with Crippen molar-refractivity contribution < 1.29 is 14.4 Å². The molecule has 3 heterocycles. The highest BCUT2D eigenvalue weighted by Crippen LogP contribution is 2.50. The molecule has 4 atom stereocenters. The van der Waals surface area contributed by atoms with Crippen LogP contribution in [-0.4, -0.2) is 41.1 Å². The summed E-state index contributed by atoms with van der Waals surface area (Å²) in [7, 11) is 0. The summed E-state index contributed by atoms with van der Waals surface area (Å²) in [6.07, 6.45) is 3.76. The summed E-state index contributed by atoms with van der Waals surface area (Å²) in [5.74, 6) is -1.61. The third kappa shape index (κ3) is 2.94. The van der Waals surface area contributed by atoms with Gasteiger partial charge in [-0.15, -0.1) is 0 Å². The first-order valence-electron chi connectivity index (χ1n) is 11.5. The fraction of sp³-hybridized carbons (Fsp3) is 0.370. The summed E-state index contributed by atoms with van der Waals surface area (Å²) in [6.45, 7) is 6.49. The first kappa shape index (κ1) is 20.7. The van der Waals surface area contributed by atoms with Crippen LogP contribution in [0.2, 0.25) is 0 Å². The Hall–Kier alpha value is -3.21. The maximum atomic E-state index is 13.9. The summed E-state index contributed by atoms with van der Waals surface area (Å²) in [6, 6.07) is 14.5. The molecule has 0 aromatic heterocycles. The van der Waals surface area contributed by atoms with E-state index in [-0.39, 0.29) is 23.6 Å². The molecule has 2 fully saturated rings. The molecular formula is C27H28N2O3. The number of benzene rings is 2.